The Hall–Kier alpha value is -3.71. The van der Waals surface area contributed by atoms with Crippen LogP contribution >= 0.6 is 11.5 Å². The molecule has 6 nitrogen and oxygen atoms in total. The number of hydrogen-bond donors (Lipinski definition) is 1. The van der Waals surface area contributed by atoms with Crippen LogP contribution in [0.2, 0.25) is 0 Å². The molecule has 0 radical (unpaired) electrons. The SMILES string of the molecule is C=Cc1cc(-c2nc(NCc3cnc(-c4ccnc(C)c4)c(C)c3)ns2)ccc1N=C. The Labute approximate surface area is 185 Å². The minimum absolute atomic E-state index is 0.594. The molecule has 0 aliphatic rings. The molecule has 0 amide bonds. The topological polar surface area (TPSA) is 76.0 Å². The average molecular weight is 427 g/mol. The van der Waals surface area contributed by atoms with Gasteiger partial charge < -0.3 is 5.32 Å². The Balaban J connectivity index is 1.47. The fraction of sp³-hybridized carbons (Fsp3) is 0.125. The summed E-state index contributed by atoms with van der Waals surface area (Å²) in [5.74, 6) is 0.595. The van der Waals surface area contributed by atoms with E-state index in [9.17, 15) is 0 Å². The van der Waals surface area contributed by atoms with E-state index in [0.717, 1.165) is 49.9 Å². The molecule has 0 spiro atoms. The second-order valence-electron chi connectivity index (χ2n) is 7.11. The van der Waals surface area contributed by atoms with Crippen molar-refractivity contribution in [3.8, 4) is 21.8 Å². The van der Waals surface area contributed by atoms with Gasteiger partial charge in [0, 0.05) is 41.3 Å². The molecule has 3 heterocycles. The number of aliphatic imine (C=N–C) groups is 1. The van der Waals surface area contributed by atoms with Crippen LogP contribution in [0.4, 0.5) is 11.6 Å². The number of aromatic nitrogens is 4. The van der Waals surface area contributed by atoms with Gasteiger partial charge in [-0.25, -0.2) is 0 Å². The lowest BCUT2D eigenvalue weighted by Gasteiger charge is -2.09. The fourth-order valence-corrected chi connectivity index (χ4v) is 3.95. The summed E-state index contributed by atoms with van der Waals surface area (Å²) in [7, 11) is 0. The quantitative estimate of drug-likeness (QED) is 0.374. The maximum absolute atomic E-state index is 4.66. The maximum Gasteiger partial charge on any atom is 0.235 e. The number of aryl methyl sites for hydroxylation is 2. The summed E-state index contributed by atoms with van der Waals surface area (Å²) in [5.41, 5.74) is 7.90. The molecule has 0 aliphatic heterocycles. The van der Waals surface area contributed by atoms with Crippen molar-refractivity contribution in [3.05, 3.63) is 77.8 Å². The second-order valence-corrected chi connectivity index (χ2v) is 7.86. The molecule has 154 valence electrons. The standard InChI is InChI=1S/C24H22N6S/c1-5-18-12-20(6-7-21(18)25-4)23-29-24(30-31-23)28-14-17-10-15(2)22(27-13-17)19-8-9-26-16(3)11-19/h5-13H,1,4,14H2,2-3H3,(H,28,30). The molecule has 4 aromatic rings. The molecule has 7 heteroatoms. The molecular formula is C24H22N6S. The molecule has 0 atom stereocenters. The van der Waals surface area contributed by atoms with Gasteiger partial charge in [0.05, 0.1) is 11.4 Å². The van der Waals surface area contributed by atoms with Crippen molar-refractivity contribution in [1.82, 2.24) is 19.3 Å². The summed E-state index contributed by atoms with van der Waals surface area (Å²) in [6.07, 6.45) is 5.46. The van der Waals surface area contributed by atoms with Gasteiger partial charge in [0.2, 0.25) is 5.95 Å². The number of hydrogen-bond acceptors (Lipinski definition) is 7. The lowest BCUT2D eigenvalue weighted by Crippen LogP contribution is -2.02. The Morgan fingerprint density at radius 3 is 2.71 bits per heavy atom. The van der Waals surface area contributed by atoms with E-state index in [-0.39, 0.29) is 0 Å². The van der Waals surface area contributed by atoms with Crippen LogP contribution in [-0.4, -0.2) is 26.0 Å². The number of nitrogens with zero attached hydrogens (tertiary/aromatic N) is 5. The summed E-state index contributed by atoms with van der Waals surface area (Å²) >= 11 is 1.35. The zero-order chi connectivity index (χ0) is 21.8. The van der Waals surface area contributed by atoms with E-state index >= 15 is 0 Å². The summed E-state index contributed by atoms with van der Waals surface area (Å²) in [5, 5.41) is 4.12. The van der Waals surface area contributed by atoms with E-state index in [2.05, 4.69) is 55.9 Å². The van der Waals surface area contributed by atoms with Crippen LogP contribution in [0, 0.1) is 13.8 Å². The highest BCUT2D eigenvalue weighted by Crippen LogP contribution is 2.29. The molecule has 4 rings (SSSR count). The number of pyridine rings is 2. The van der Waals surface area contributed by atoms with Crippen LogP contribution in [0.5, 0.6) is 0 Å². The molecule has 31 heavy (non-hydrogen) atoms. The first kappa shape index (κ1) is 20.6. The van der Waals surface area contributed by atoms with Crippen molar-refractivity contribution in [2.45, 2.75) is 20.4 Å². The fourth-order valence-electron chi connectivity index (χ4n) is 3.31. The van der Waals surface area contributed by atoms with Crippen molar-refractivity contribution in [1.29, 1.82) is 0 Å². The smallest absolute Gasteiger partial charge is 0.235 e. The minimum atomic E-state index is 0.594. The zero-order valence-corrected chi connectivity index (χ0v) is 18.3. The molecule has 1 aromatic carbocycles. The highest BCUT2D eigenvalue weighted by molar-refractivity contribution is 7.09. The van der Waals surface area contributed by atoms with Crippen LogP contribution in [0.1, 0.15) is 22.4 Å². The lowest BCUT2D eigenvalue weighted by molar-refractivity contribution is 1.07. The summed E-state index contributed by atoms with van der Waals surface area (Å²) in [4.78, 5) is 17.5. The first-order chi connectivity index (χ1) is 15.1. The normalized spacial score (nSPS) is 10.6. The van der Waals surface area contributed by atoms with Gasteiger partial charge in [0.25, 0.3) is 0 Å². The summed E-state index contributed by atoms with van der Waals surface area (Å²) in [6.45, 7) is 12.1. The van der Waals surface area contributed by atoms with Crippen molar-refractivity contribution >= 4 is 36.0 Å². The Kier molecular flexibility index (Phi) is 5.95. The van der Waals surface area contributed by atoms with Crippen molar-refractivity contribution in [2.75, 3.05) is 5.32 Å². The van der Waals surface area contributed by atoms with E-state index < -0.39 is 0 Å². The average Bonchev–Trinajstić information content (AvgIpc) is 3.26. The molecule has 0 unspecified atom stereocenters. The van der Waals surface area contributed by atoms with Crippen molar-refractivity contribution in [3.63, 3.8) is 0 Å². The van der Waals surface area contributed by atoms with Crippen molar-refractivity contribution < 1.29 is 0 Å². The van der Waals surface area contributed by atoms with E-state index in [1.807, 2.05) is 49.6 Å². The Bertz CT molecular complexity index is 1260. The van der Waals surface area contributed by atoms with Gasteiger partial charge in [-0.1, -0.05) is 18.7 Å². The number of anilines is 1. The van der Waals surface area contributed by atoms with Gasteiger partial charge in [0.1, 0.15) is 5.01 Å². The Morgan fingerprint density at radius 1 is 1.10 bits per heavy atom. The second kappa shape index (κ2) is 8.97. The van der Waals surface area contributed by atoms with Gasteiger partial charge in [-0.05, 0) is 73.6 Å². The van der Waals surface area contributed by atoms with Crippen LogP contribution in [-0.2, 0) is 6.54 Å². The largest absolute Gasteiger partial charge is 0.349 e. The van der Waals surface area contributed by atoms with Gasteiger partial charge in [-0.15, -0.1) is 0 Å². The van der Waals surface area contributed by atoms with Gasteiger partial charge in [-0.3, -0.25) is 15.0 Å². The highest BCUT2D eigenvalue weighted by Gasteiger charge is 2.10. The van der Waals surface area contributed by atoms with Crippen LogP contribution < -0.4 is 5.32 Å². The van der Waals surface area contributed by atoms with Gasteiger partial charge in [0.15, 0.2) is 0 Å². The monoisotopic (exact) mass is 426 g/mol. The van der Waals surface area contributed by atoms with E-state index in [0.29, 0.717) is 12.5 Å². The van der Waals surface area contributed by atoms with Gasteiger partial charge in [-0.2, -0.15) is 9.36 Å². The van der Waals surface area contributed by atoms with Gasteiger partial charge >= 0.3 is 0 Å². The van der Waals surface area contributed by atoms with Crippen LogP contribution in [0.25, 0.3) is 27.9 Å². The minimum Gasteiger partial charge on any atom is -0.349 e. The number of rotatable bonds is 7. The first-order valence-corrected chi connectivity index (χ1v) is 10.5. The predicted octanol–water partition coefficient (Wildman–Crippen LogP) is 5.87. The molecule has 0 fully saturated rings. The summed E-state index contributed by atoms with van der Waals surface area (Å²) in [6, 6.07) is 12.0. The molecule has 1 N–H and O–H groups in total. The lowest BCUT2D eigenvalue weighted by atomic mass is 10.1. The number of nitrogens with one attached hydrogen (secondary N) is 1. The van der Waals surface area contributed by atoms with E-state index in [4.69, 9.17) is 0 Å². The van der Waals surface area contributed by atoms with Crippen LogP contribution in [0.15, 0.2) is 60.4 Å². The zero-order valence-electron chi connectivity index (χ0n) is 17.5. The van der Waals surface area contributed by atoms with Crippen LogP contribution in [0.3, 0.4) is 0 Å². The maximum atomic E-state index is 4.66. The molecular weight excluding hydrogens is 404 g/mol. The predicted molar refractivity (Wildman–Crippen MR) is 129 cm³/mol. The molecule has 0 saturated carbocycles. The first-order valence-electron chi connectivity index (χ1n) is 9.77. The van der Waals surface area contributed by atoms with Crippen molar-refractivity contribution in [2.24, 2.45) is 4.99 Å². The summed E-state index contributed by atoms with van der Waals surface area (Å²) < 4.78 is 4.43. The molecule has 0 bridgehead atoms. The third-order valence-corrected chi connectivity index (χ3v) is 5.61. The van der Waals surface area contributed by atoms with E-state index in [1.54, 1.807) is 6.08 Å². The highest BCUT2D eigenvalue weighted by atomic mass is 32.1. The molecule has 0 saturated heterocycles. The Morgan fingerprint density at radius 2 is 1.97 bits per heavy atom. The molecule has 3 aromatic heterocycles. The molecule has 0 aliphatic carbocycles. The third-order valence-electron chi connectivity index (χ3n) is 4.85. The third kappa shape index (κ3) is 4.57. The number of benzene rings is 1. The van der Waals surface area contributed by atoms with E-state index in [1.165, 1.54) is 11.5 Å².